The van der Waals surface area contributed by atoms with E-state index < -0.39 is 17.6 Å². The van der Waals surface area contributed by atoms with Crippen LogP contribution < -0.4 is 9.47 Å². The highest BCUT2D eigenvalue weighted by Gasteiger charge is 2.31. The summed E-state index contributed by atoms with van der Waals surface area (Å²) in [5.74, 6) is -0.600. The van der Waals surface area contributed by atoms with Crippen LogP contribution in [-0.2, 0) is 12.7 Å². The average Bonchev–Trinajstić information content (AvgIpc) is 3.34. The summed E-state index contributed by atoms with van der Waals surface area (Å²) in [6, 6.07) is 13.1. The monoisotopic (exact) mass is 454 g/mol. The SMILES string of the molecule is N#Cc1ccc2c(c1)nc1n2C[C@@H](COc2ccc(-c3ccc(C(F)(F)F)cc3F)nc2)O1. The molecule has 0 amide bonds. The Hall–Kier alpha value is -4.13. The van der Waals surface area contributed by atoms with Crippen LogP contribution in [0, 0.1) is 17.1 Å². The molecule has 1 aliphatic rings. The molecule has 0 saturated heterocycles. The third-order valence-corrected chi connectivity index (χ3v) is 5.25. The standard InChI is InChI=1S/C23H14F4N4O2/c24-18-8-14(23(25,26)27)2-4-17(18)19-5-3-15(10-29-19)32-12-16-11-31-21-6-1-13(9-28)7-20(21)30-22(31)33-16/h1-8,10,16H,11-12H2/t16-/m0/s1. The van der Waals surface area contributed by atoms with Gasteiger partial charge in [-0.2, -0.15) is 23.4 Å². The van der Waals surface area contributed by atoms with Crippen molar-refractivity contribution in [3.63, 3.8) is 0 Å². The van der Waals surface area contributed by atoms with Gasteiger partial charge >= 0.3 is 6.18 Å². The number of nitriles is 1. The molecule has 0 radical (unpaired) electrons. The van der Waals surface area contributed by atoms with Crippen LogP contribution in [0.5, 0.6) is 11.8 Å². The first-order chi connectivity index (χ1) is 15.8. The van der Waals surface area contributed by atoms with E-state index in [4.69, 9.17) is 14.7 Å². The summed E-state index contributed by atoms with van der Waals surface area (Å²) >= 11 is 0. The van der Waals surface area contributed by atoms with Gasteiger partial charge in [0.1, 0.15) is 18.2 Å². The van der Waals surface area contributed by atoms with E-state index in [-0.39, 0.29) is 24.0 Å². The molecule has 0 unspecified atom stereocenters. The molecule has 10 heteroatoms. The van der Waals surface area contributed by atoms with Crippen LogP contribution in [0.1, 0.15) is 11.1 Å². The number of hydrogen-bond donors (Lipinski definition) is 0. The summed E-state index contributed by atoms with van der Waals surface area (Å²) in [6.07, 6.45) is -3.53. The first-order valence-electron chi connectivity index (χ1n) is 9.85. The van der Waals surface area contributed by atoms with Crippen molar-refractivity contribution in [1.29, 1.82) is 5.26 Å². The molecular weight excluding hydrogens is 440 g/mol. The van der Waals surface area contributed by atoms with E-state index >= 15 is 0 Å². The predicted molar refractivity (Wildman–Crippen MR) is 109 cm³/mol. The van der Waals surface area contributed by atoms with Gasteiger partial charge in [-0.1, -0.05) is 0 Å². The van der Waals surface area contributed by atoms with Crippen molar-refractivity contribution in [3.05, 3.63) is 71.7 Å². The molecule has 5 rings (SSSR count). The van der Waals surface area contributed by atoms with Crippen molar-refractivity contribution in [1.82, 2.24) is 14.5 Å². The molecule has 1 atom stereocenters. The Labute approximate surface area is 184 Å². The van der Waals surface area contributed by atoms with Crippen LogP contribution in [0.3, 0.4) is 0 Å². The lowest BCUT2D eigenvalue weighted by Gasteiger charge is -2.12. The fourth-order valence-corrected chi connectivity index (χ4v) is 3.63. The van der Waals surface area contributed by atoms with Gasteiger partial charge in [0, 0.05) is 5.56 Å². The van der Waals surface area contributed by atoms with E-state index in [0.717, 1.165) is 17.6 Å². The minimum atomic E-state index is -4.62. The summed E-state index contributed by atoms with van der Waals surface area (Å²) in [4.78, 5) is 8.50. The summed E-state index contributed by atoms with van der Waals surface area (Å²) in [5.41, 5.74) is 1.15. The van der Waals surface area contributed by atoms with Crippen LogP contribution in [0.4, 0.5) is 17.6 Å². The zero-order valence-corrected chi connectivity index (χ0v) is 16.8. The predicted octanol–water partition coefficient (Wildman–Crippen LogP) is 4.97. The Morgan fingerprint density at radius 3 is 2.70 bits per heavy atom. The second-order valence-corrected chi connectivity index (χ2v) is 7.44. The topological polar surface area (TPSA) is 73.0 Å². The first kappa shape index (κ1) is 20.8. The zero-order valence-electron chi connectivity index (χ0n) is 16.8. The Kier molecular flexibility index (Phi) is 4.89. The lowest BCUT2D eigenvalue weighted by Crippen LogP contribution is -2.23. The van der Waals surface area contributed by atoms with Gasteiger partial charge in [-0.05, 0) is 48.5 Å². The van der Waals surface area contributed by atoms with Crippen LogP contribution in [0.25, 0.3) is 22.3 Å². The van der Waals surface area contributed by atoms with Crippen molar-refractivity contribution in [2.75, 3.05) is 6.61 Å². The van der Waals surface area contributed by atoms with E-state index in [9.17, 15) is 17.6 Å². The highest BCUT2D eigenvalue weighted by molar-refractivity contribution is 5.78. The second-order valence-electron chi connectivity index (χ2n) is 7.44. The highest BCUT2D eigenvalue weighted by atomic mass is 19.4. The van der Waals surface area contributed by atoms with Crippen LogP contribution in [0.15, 0.2) is 54.7 Å². The summed E-state index contributed by atoms with van der Waals surface area (Å²) < 4.78 is 65.7. The molecule has 0 aliphatic carbocycles. The lowest BCUT2D eigenvalue weighted by molar-refractivity contribution is -0.137. The molecule has 0 N–H and O–H groups in total. The average molecular weight is 454 g/mol. The maximum Gasteiger partial charge on any atom is 0.416 e. The summed E-state index contributed by atoms with van der Waals surface area (Å²) in [7, 11) is 0. The third-order valence-electron chi connectivity index (χ3n) is 5.25. The number of rotatable bonds is 4. The summed E-state index contributed by atoms with van der Waals surface area (Å²) in [5, 5.41) is 9.00. The van der Waals surface area contributed by atoms with Gasteiger partial charge in [0.25, 0.3) is 6.01 Å². The number of nitrogens with zero attached hydrogens (tertiary/aromatic N) is 4. The molecule has 0 fully saturated rings. The number of benzene rings is 2. The van der Waals surface area contributed by atoms with Gasteiger partial charge in [0.15, 0.2) is 6.10 Å². The fourth-order valence-electron chi connectivity index (χ4n) is 3.63. The highest BCUT2D eigenvalue weighted by Crippen LogP contribution is 2.33. The molecule has 2 aromatic carbocycles. The van der Waals surface area contributed by atoms with E-state index in [2.05, 4.69) is 16.0 Å². The van der Waals surface area contributed by atoms with Crippen molar-refractivity contribution >= 4 is 11.0 Å². The molecule has 0 spiro atoms. The molecule has 33 heavy (non-hydrogen) atoms. The normalized spacial score (nSPS) is 15.2. The number of ether oxygens (including phenoxy) is 2. The van der Waals surface area contributed by atoms with Crippen LogP contribution in [-0.4, -0.2) is 27.2 Å². The van der Waals surface area contributed by atoms with Gasteiger partial charge in [-0.25, -0.2) is 4.39 Å². The van der Waals surface area contributed by atoms with Crippen LogP contribution in [0.2, 0.25) is 0 Å². The number of hydrogen-bond acceptors (Lipinski definition) is 5. The molecule has 1 aliphatic heterocycles. The molecule has 166 valence electrons. The van der Waals surface area contributed by atoms with Crippen molar-refractivity contribution in [2.24, 2.45) is 0 Å². The first-order valence-corrected chi connectivity index (χ1v) is 9.85. The Bertz CT molecular complexity index is 1390. The number of halogens is 4. The fraction of sp³-hybridized carbons (Fsp3) is 0.174. The van der Waals surface area contributed by atoms with Crippen molar-refractivity contribution in [2.45, 2.75) is 18.8 Å². The number of pyridine rings is 1. The third kappa shape index (κ3) is 3.93. The van der Waals surface area contributed by atoms with Gasteiger partial charge in [-0.15, -0.1) is 0 Å². The smallest absolute Gasteiger partial charge is 0.416 e. The second kappa shape index (κ2) is 7.78. The van der Waals surface area contributed by atoms with E-state index in [0.29, 0.717) is 35.5 Å². The quantitative estimate of drug-likeness (QED) is 0.407. The molecular formula is C23H14F4N4O2. The largest absolute Gasteiger partial charge is 0.488 e. The molecule has 0 saturated carbocycles. The number of alkyl halides is 3. The van der Waals surface area contributed by atoms with Gasteiger partial charge in [0.05, 0.1) is 46.7 Å². The number of imidazole rings is 1. The summed E-state index contributed by atoms with van der Waals surface area (Å²) in [6.45, 7) is 0.719. The van der Waals surface area contributed by atoms with Gasteiger partial charge < -0.3 is 9.47 Å². The molecule has 4 aromatic rings. The van der Waals surface area contributed by atoms with Crippen molar-refractivity contribution < 1.29 is 27.0 Å². The Morgan fingerprint density at radius 2 is 2.00 bits per heavy atom. The lowest BCUT2D eigenvalue weighted by atomic mass is 10.1. The molecule has 3 heterocycles. The number of aromatic nitrogens is 3. The zero-order chi connectivity index (χ0) is 23.2. The van der Waals surface area contributed by atoms with Gasteiger partial charge in [-0.3, -0.25) is 9.55 Å². The Balaban J connectivity index is 1.24. The minimum absolute atomic E-state index is 0.0365. The van der Waals surface area contributed by atoms with E-state index in [1.807, 2.05) is 10.6 Å². The van der Waals surface area contributed by atoms with Crippen LogP contribution >= 0.6 is 0 Å². The maximum atomic E-state index is 14.2. The molecule has 6 nitrogen and oxygen atoms in total. The molecule has 2 aromatic heterocycles. The van der Waals surface area contributed by atoms with E-state index in [1.165, 1.54) is 12.3 Å². The van der Waals surface area contributed by atoms with Gasteiger partial charge in [0.2, 0.25) is 0 Å². The van der Waals surface area contributed by atoms with Crippen molar-refractivity contribution in [3.8, 4) is 29.1 Å². The van der Waals surface area contributed by atoms with E-state index in [1.54, 1.807) is 18.2 Å². The Morgan fingerprint density at radius 1 is 1.15 bits per heavy atom. The maximum absolute atomic E-state index is 14.2. The number of fused-ring (bicyclic) bond motifs is 3. The molecule has 0 bridgehead atoms. The minimum Gasteiger partial charge on any atom is -0.488 e.